The third kappa shape index (κ3) is 10.9. The first-order valence-electron chi connectivity index (χ1n) is 13.2. The minimum atomic E-state index is -0.727. The molecular weight excluding hydrogens is 462 g/mol. The average Bonchev–Trinajstić information content (AvgIpc) is 2.94. The Bertz CT molecular complexity index is 1080. The van der Waals surface area contributed by atoms with Gasteiger partial charge in [-0.3, -0.25) is 14.4 Å². The highest BCUT2D eigenvalue weighted by atomic mass is 16.2. The van der Waals surface area contributed by atoms with E-state index in [-0.39, 0.29) is 18.5 Å². The fraction of sp³-hybridized carbons (Fsp3) is 0.387. The van der Waals surface area contributed by atoms with Gasteiger partial charge in [-0.2, -0.15) is 0 Å². The van der Waals surface area contributed by atoms with Gasteiger partial charge in [0.25, 0.3) is 5.91 Å². The zero-order valence-electron chi connectivity index (χ0n) is 23.8. The van der Waals surface area contributed by atoms with Crippen LogP contribution in [0.4, 0.5) is 0 Å². The fourth-order valence-electron chi connectivity index (χ4n) is 3.57. The maximum absolute atomic E-state index is 13.1. The molecule has 3 amide bonds. The molecule has 0 bridgehead atoms. The smallest absolute Gasteiger partial charge is 0.309 e. The van der Waals surface area contributed by atoms with Crippen molar-refractivity contribution in [2.45, 2.75) is 67.9 Å². The molecule has 0 aliphatic heterocycles. The largest absolute Gasteiger partial charge is 0.348 e. The number of amides is 3. The van der Waals surface area contributed by atoms with Gasteiger partial charge in [-0.15, -0.1) is 0 Å². The molecule has 2 aromatic rings. The number of benzene rings is 2. The van der Waals surface area contributed by atoms with E-state index in [2.05, 4.69) is 16.0 Å². The lowest BCUT2D eigenvalue weighted by molar-refractivity contribution is -0.139. The Hall–Kier alpha value is -3.67. The number of hydrogen-bond acceptors (Lipinski definition) is 3. The van der Waals surface area contributed by atoms with Gasteiger partial charge in [-0.25, -0.2) is 0 Å². The molecule has 0 aliphatic carbocycles. The van der Waals surface area contributed by atoms with Crippen molar-refractivity contribution in [3.05, 3.63) is 83.5 Å². The molecule has 0 saturated carbocycles. The van der Waals surface area contributed by atoms with E-state index in [0.29, 0.717) is 24.1 Å². The Morgan fingerprint density at radius 1 is 0.811 bits per heavy atom. The molecule has 0 aliphatic rings. The van der Waals surface area contributed by atoms with Gasteiger partial charge in [0.05, 0.1) is 6.04 Å². The summed E-state index contributed by atoms with van der Waals surface area (Å²) >= 11 is 0. The molecule has 0 radical (unpaired) electrons. The first kappa shape index (κ1) is 33.3. The molecule has 2 aromatic carbocycles. The van der Waals surface area contributed by atoms with Gasteiger partial charge in [0.15, 0.2) is 0 Å². The Labute approximate surface area is 223 Å². The van der Waals surface area contributed by atoms with E-state index in [1.807, 2.05) is 96.2 Å². The first-order valence-corrected chi connectivity index (χ1v) is 13.2. The van der Waals surface area contributed by atoms with Crippen LogP contribution in [0.25, 0.3) is 10.8 Å². The molecule has 37 heavy (non-hydrogen) atoms. The quantitative estimate of drug-likeness (QED) is 0.125. The molecule has 2 rings (SSSR count). The molecule has 0 heterocycles. The lowest BCUT2D eigenvalue weighted by Gasteiger charge is -2.19. The van der Waals surface area contributed by atoms with E-state index in [4.69, 9.17) is 0 Å². The summed E-state index contributed by atoms with van der Waals surface area (Å²) in [5.41, 5.74) is 2.12. The zero-order chi connectivity index (χ0) is 28.2. The molecule has 6 heteroatoms. The normalized spacial score (nSPS) is 12.0. The van der Waals surface area contributed by atoms with Gasteiger partial charge in [-0.05, 0) is 56.0 Å². The average molecular weight is 508 g/mol. The fourth-order valence-corrected chi connectivity index (χ4v) is 3.57. The molecule has 0 aromatic heterocycles. The van der Waals surface area contributed by atoms with E-state index in [9.17, 15) is 14.4 Å². The van der Waals surface area contributed by atoms with Gasteiger partial charge >= 0.3 is 11.8 Å². The first-order chi connectivity index (χ1) is 17.9. The lowest BCUT2D eigenvalue weighted by Crippen LogP contribution is -2.41. The van der Waals surface area contributed by atoms with Crippen LogP contribution in [0.3, 0.4) is 0 Å². The Balaban J connectivity index is 0.00000308. The SMILES string of the molecule is C/C=C/CCNC(=O)C(=O)NCC(=C/C)/C(=C\C)C(=O)NC(C)c1cccc2ccccc12.CC.CC. The van der Waals surface area contributed by atoms with Crippen molar-refractivity contribution in [3.63, 3.8) is 0 Å². The monoisotopic (exact) mass is 507 g/mol. The molecule has 3 N–H and O–H groups in total. The Kier molecular flexibility index (Phi) is 17.6. The molecule has 6 nitrogen and oxygen atoms in total. The molecule has 0 saturated heterocycles. The minimum absolute atomic E-state index is 0.0767. The summed E-state index contributed by atoms with van der Waals surface area (Å²) in [6.07, 6.45) is 7.93. The van der Waals surface area contributed by atoms with E-state index in [0.717, 1.165) is 16.3 Å². The van der Waals surface area contributed by atoms with Gasteiger partial charge in [0.1, 0.15) is 0 Å². The van der Waals surface area contributed by atoms with Gasteiger partial charge in [0.2, 0.25) is 0 Å². The maximum Gasteiger partial charge on any atom is 0.309 e. The second kappa shape index (κ2) is 19.5. The third-order valence-electron chi connectivity index (χ3n) is 5.34. The molecule has 0 fully saturated rings. The number of nitrogens with one attached hydrogen (secondary N) is 3. The van der Waals surface area contributed by atoms with Crippen molar-refractivity contribution in [1.82, 2.24) is 16.0 Å². The van der Waals surface area contributed by atoms with Crippen molar-refractivity contribution in [1.29, 1.82) is 0 Å². The van der Waals surface area contributed by atoms with Crippen LogP contribution < -0.4 is 16.0 Å². The van der Waals surface area contributed by atoms with Crippen molar-refractivity contribution in [3.8, 4) is 0 Å². The lowest BCUT2D eigenvalue weighted by atomic mass is 9.98. The standard InChI is InChI=1S/C27H33N3O3.2C2H6/c1-5-8-11-17-28-26(32)27(33)29-18-20(6-2)22(7-3)25(31)30-19(4)23-16-12-14-21-13-9-10-15-24(21)23;2*1-2/h5-10,12-16,19H,11,17-18H2,1-4H3,(H,28,32)(H,29,33)(H,30,31);2*1-2H3/b8-5+,20-6-,22-7+;;. The van der Waals surface area contributed by atoms with Crippen LogP contribution in [-0.4, -0.2) is 30.8 Å². The number of carbonyl (C=O) groups excluding carboxylic acids is 3. The predicted molar refractivity (Wildman–Crippen MR) is 156 cm³/mol. The number of hydrogen-bond donors (Lipinski definition) is 3. The molecule has 0 spiro atoms. The van der Waals surface area contributed by atoms with Crippen molar-refractivity contribution < 1.29 is 14.4 Å². The molecular formula is C31H45N3O3. The number of allylic oxidation sites excluding steroid dienone is 3. The second-order valence-corrected chi connectivity index (χ2v) is 7.58. The van der Waals surface area contributed by atoms with Crippen molar-refractivity contribution in [2.75, 3.05) is 13.1 Å². The van der Waals surface area contributed by atoms with Crippen LogP contribution >= 0.6 is 0 Å². The van der Waals surface area contributed by atoms with Gasteiger partial charge < -0.3 is 16.0 Å². The number of carbonyl (C=O) groups is 3. The van der Waals surface area contributed by atoms with Crippen LogP contribution in [0.1, 0.15) is 73.4 Å². The Morgan fingerprint density at radius 3 is 2.05 bits per heavy atom. The number of fused-ring (bicyclic) bond motifs is 1. The Morgan fingerprint density at radius 2 is 1.43 bits per heavy atom. The van der Waals surface area contributed by atoms with Gasteiger partial charge in [0, 0.05) is 18.7 Å². The molecule has 202 valence electrons. The van der Waals surface area contributed by atoms with Crippen LogP contribution in [0.2, 0.25) is 0 Å². The van der Waals surface area contributed by atoms with Crippen LogP contribution in [-0.2, 0) is 14.4 Å². The zero-order valence-corrected chi connectivity index (χ0v) is 23.8. The molecule has 1 atom stereocenters. The van der Waals surface area contributed by atoms with E-state index in [1.165, 1.54) is 0 Å². The topological polar surface area (TPSA) is 87.3 Å². The summed E-state index contributed by atoms with van der Waals surface area (Å²) in [6, 6.07) is 13.9. The summed E-state index contributed by atoms with van der Waals surface area (Å²) in [4.78, 5) is 37.1. The summed E-state index contributed by atoms with van der Waals surface area (Å²) < 4.78 is 0. The summed E-state index contributed by atoms with van der Waals surface area (Å²) in [6.45, 7) is 15.9. The van der Waals surface area contributed by atoms with E-state index < -0.39 is 11.8 Å². The minimum Gasteiger partial charge on any atom is -0.348 e. The van der Waals surface area contributed by atoms with Gasteiger partial charge in [-0.1, -0.05) is 94.5 Å². The van der Waals surface area contributed by atoms with Crippen molar-refractivity contribution in [2.24, 2.45) is 0 Å². The second-order valence-electron chi connectivity index (χ2n) is 7.58. The summed E-state index contributed by atoms with van der Waals surface area (Å²) in [5.74, 6) is -1.66. The highest BCUT2D eigenvalue weighted by molar-refractivity contribution is 6.35. The highest BCUT2D eigenvalue weighted by Crippen LogP contribution is 2.24. The maximum atomic E-state index is 13.1. The van der Waals surface area contributed by atoms with Crippen LogP contribution in [0.15, 0.2) is 77.9 Å². The molecule has 1 unspecified atom stereocenters. The highest BCUT2D eigenvalue weighted by Gasteiger charge is 2.19. The van der Waals surface area contributed by atoms with E-state index >= 15 is 0 Å². The number of rotatable bonds is 9. The summed E-state index contributed by atoms with van der Waals surface area (Å²) in [7, 11) is 0. The summed E-state index contributed by atoms with van der Waals surface area (Å²) in [5, 5.41) is 10.4. The van der Waals surface area contributed by atoms with Crippen LogP contribution in [0, 0.1) is 0 Å². The van der Waals surface area contributed by atoms with Crippen molar-refractivity contribution >= 4 is 28.5 Å². The van der Waals surface area contributed by atoms with Crippen LogP contribution in [0.5, 0.6) is 0 Å². The van der Waals surface area contributed by atoms with E-state index in [1.54, 1.807) is 26.0 Å². The third-order valence-corrected chi connectivity index (χ3v) is 5.34. The predicted octanol–water partition coefficient (Wildman–Crippen LogP) is 6.16.